The number of carbonyl (C=O) groups excluding carboxylic acids is 1. The molecule has 1 aromatic heterocycles. The number of nitrogens with two attached hydrogens (primary N) is 1. The molecule has 0 saturated heterocycles. The van der Waals surface area contributed by atoms with Crippen LogP contribution in [0, 0.1) is 6.92 Å². The van der Waals surface area contributed by atoms with E-state index in [1.54, 1.807) is 0 Å². The number of benzene rings is 1. The summed E-state index contributed by atoms with van der Waals surface area (Å²) in [5.41, 5.74) is 8.89. The second-order valence-electron chi connectivity index (χ2n) is 5.55. The molecule has 1 amide bonds. The van der Waals surface area contributed by atoms with Crippen LogP contribution in [0.1, 0.15) is 35.0 Å². The molecule has 0 fully saturated rings. The van der Waals surface area contributed by atoms with Gasteiger partial charge in [0, 0.05) is 18.3 Å². The molecule has 2 unspecified atom stereocenters. The van der Waals surface area contributed by atoms with Gasteiger partial charge in [-0.15, -0.1) is 0 Å². The Bertz CT molecular complexity index is 575. The van der Waals surface area contributed by atoms with Crippen LogP contribution < -0.4 is 11.1 Å². The van der Waals surface area contributed by atoms with Gasteiger partial charge in [0.15, 0.2) is 0 Å². The summed E-state index contributed by atoms with van der Waals surface area (Å²) in [7, 11) is 0. The minimum Gasteiger partial charge on any atom is -0.357 e. The van der Waals surface area contributed by atoms with E-state index in [-0.39, 0.29) is 18.0 Å². The summed E-state index contributed by atoms with van der Waals surface area (Å²) >= 11 is 0. The molecule has 1 heterocycles. The van der Waals surface area contributed by atoms with Crippen LogP contribution in [0.3, 0.4) is 0 Å². The molecule has 4 nitrogen and oxygen atoms in total. The Morgan fingerprint density at radius 1 is 1.33 bits per heavy atom. The third-order valence-corrected chi connectivity index (χ3v) is 3.61. The molecule has 0 aliphatic carbocycles. The topological polar surface area (TPSA) is 70.9 Å². The van der Waals surface area contributed by atoms with Crippen LogP contribution in [0.15, 0.2) is 42.6 Å². The zero-order valence-corrected chi connectivity index (χ0v) is 12.6. The third kappa shape index (κ3) is 4.46. The molecule has 0 aliphatic rings. The quantitative estimate of drug-likeness (QED) is 0.762. The Hall–Kier alpha value is -2.07. The minimum absolute atomic E-state index is 0.0405. The predicted molar refractivity (Wildman–Crippen MR) is 85.2 cm³/mol. The number of hydrogen-bond acceptors (Lipinski definition) is 2. The van der Waals surface area contributed by atoms with Gasteiger partial charge in [0.05, 0.1) is 0 Å². The summed E-state index contributed by atoms with van der Waals surface area (Å²) in [4.78, 5) is 15.2. The normalized spacial score (nSPS) is 13.7. The van der Waals surface area contributed by atoms with Crippen LogP contribution in [0.2, 0.25) is 0 Å². The molecule has 0 radical (unpaired) electrons. The lowest BCUT2D eigenvalue weighted by Gasteiger charge is -2.22. The van der Waals surface area contributed by atoms with Crippen molar-refractivity contribution in [2.24, 2.45) is 5.73 Å². The van der Waals surface area contributed by atoms with E-state index in [9.17, 15) is 4.79 Å². The van der Waals surface area contributed by atoms with E-state index in [2.05, 4.69) is 22.4 Å². The molecular weight excluding hydrogens is 262 g/mol. The fourth-order valence-electron chi connectivity index (χ4n) is 2.31. The first-order valence-corrected chi connectivity index (χ1v) is 7.31. The highest BCUT2D eigenvalue weighted by atomic mass is 16.1. The summed E-state index contributed by atoms with van der Waals surface area (Å²) in [5, 5.41) is 3.02. The number of carbonyl (C=O) groups is 1. The van der Waals surface area contributed by atoms with Gasteiger partial charge in [0.25, 0.3) is 5.91 Å². The second-order valence-corrected chi connectivity index (χ2v) is 5.55. The van der Waals surface area contributed by atoms with Crippen LogP contribution in [0.25, 0.3) is 0 Å². The van der Waals surface area contributed by atoms with Gasteiger partial charge in [0.1, 0.15) is 5.69 Å². The van der Waals surface area contributed by atoms with Gasteiger partial charge in [-0.25, -0.2) is 0 Å². The molecule has 1 aromatic carbocycles. The third-order valence-electron chi connectivity index (χ3n) is 3.61. The van der Waals surface area contributed by atoms with E-state index in [0.29, 0.717) is 5.69 Å². The van der Waals surface area contributed by atoms with Crippen molar-refractivity contribution in [3.05, 3.63) is 59.4 Å². The van der Waals surface area contributed by atoms with Gasteiger partial charge in [-0.2, -0.15) is 0 Å². The molecule has 0 saturated carbocycles. The van der Waals surface area contributed by atoms with Crippen LogP contribution in [-0.2, 0) is 6.42 Å². The van der Waals surface area contributed by atoms with Crippen molar-refractivity contribution in [1.29, 1.82) is 0 Å². The number of H-pyrrole nitrogens is 1. The lowest BCUT2D eigenvalue weighted by molar-refractivity contribution is 0.0925. The molecule has 4 N–H and O–H groups in total. The average molecular weight is 285 g/mol. The van der Waals surface area contributed by atoms with E-state index < -0.39 is 0 Å². The van der Waals surface area contributed by atoms with Crippen LogP contribution in [0.4, 0.5) is 0 Å². The van der Waals surface area contributed by atoms with Crippen molar-refractivity contribution in [2.75, 3.05) is 0 Å². The molecule has 0 spiro atoms. The highest BCUT2D eigenvalue weighted by Gasteiger charge is 2.18. The summed E-state index contributed by atoms with van der Waals surface area (Å²) < 4.78 is 0. The highest BCUT2D eigenvalue weighted by Crippen LogP contribution is 2.08. The van der Waals surface area contributed by atoms with Gasteiger partial charge in [0.2, 0.25) is 0 Å². The summed E-state index contributed by atoms with van der Waals surface area (Å²) in [6.45, 7) is 3.88. The van der Waals surface area contributed by atoms with Crippen LogP contribution in [-0.4, -0.2) is 23.0 Å². The molecule has 21 heavy (non-hydrogen) atoms. The van der Waals surface area contributed by atoms with E-state index in [1.165, 1.54) is 5.56 Å². The van der Waals surface area contributed by atoms with E-state index in [1.807, 2.05) is 44.3 Å². The van der Waals surface area contributed by atoms with Crippen molar-refractivity contribution in [3.8, 4) is 0 Å². The molecular formula is C17H23N3O. The van der Waals surface area contributed by atoms with E-state index in [0.717, 1.165) is 18.4 Å². The molecule has 2 atom stereocenters. The first-order valence-electron chi connectivity index (χ1n) is 7.31. The van der Waals surface area contributed by atoms with Gasteiger partial charge < -0.3 is 16.0 Å². The Morgan fingerprint density at radius 2 is 2.05 bits per heavy atom. The zero-order chi connectivity index (χ0) is 15.2. The average Bonchev–Trinajstić information content (AvgIpc) is 2.90. The molecule has 2 aromatic rings. The summed E-state index contributed by atoms with van der Waals surface area (Å²) in [6, 6.07) is 11.9. The molecule has 4 heteroatoms. The summed E-state index contributed by atoms with van der Waals surface area (Å²) in [6.07, 6.45) is 3.55. The molecule has 0 bridgehead atoms. The maximum Gasteiger partial charge on any atom is 0.267 e. The van der Waals surface area contributed by atoms with E-state index >= 15 is 0 Å². The van der Waals surface area contributed by atoms with Gasteiger partial charge in [-0.1, -0.05) is 30.3 Å². The lowest BCUT2D eigenvalue weighted by Crippen LogP contribution is -2.46. The first kappa shape index (κ1) is 15.3. The predicted octanol–water partition coefficient (Wildman–Crippen LogP) is 2.40. The Balaban J connectivity index is 1.94. The smallest absolute Gasteiger partial charge is 0.267 e. The maximum absolute atomic E-state index is 12.2. The maximum atomic E-state index is 12.2. The van der Waals surface area contributed by atoms with Crippen molar-refractivity contribution in [3.63, 3.8) is 0 Å². The number of rotatable bonds is 6. The zero-order valence-electron chi connectivity index (χ0n) is 12.6. The monoisotopic (exact) mass is 285 g/mol. The molecule has 0 aliphatic heterocycles. The Morgan fingerprint density at radius 3 is 2.62 bits per heavy atom. The lowest BCUT2D eigenvalue weighted by atomic mass is 10.0. The van der Waals surface area contributed by atoms with Crippen molar-refractivity contribution < 1.29 is 4.79 Å². The van der Waals surface area contributed by atoms with Crippen molar-refractivity contribution >= 4 is 5.91 Å². The fraction of sp³-hybridized carbons (Fsp3) is 0.353. The van der Waals surface area contributed by atoms with Crippen molar-refractivity contribution in [2.45, 2.75) is 38.8 Å². The largest absolute Gasteiger partial charge is 0.357 e. The SMILES string of the molecule is Cc1c[nH]c(C(=O)NC(CCc2ccccc2)C(C)N)c1. The number of aryl methyl sites for hydroxylation is 2. The number of hydrogen-bond donors (Lipinski definition) is 3. The van der Waals surface area contributed by atoms with Gasteiger partial charge in [-0.3, -0.25) is 4.79 Å². The van der Waals surface area contributed by atoms with Crippen LogP contribution >= 0.6 is 0 Å². The van der Waals surface area contributed by atoms with Crippen LogP contribution in [0.5, 0.6) is 0 Å². The number of amides is 1. The Kier molecular flexibility index (Phi) is 5.17. The Labute approximate surface area is 125 Å². The number of nitrogens with one attached hydrogen (secondary N) is 2. The van der Waals surface area contributed by atoms with Crippen molar-refractivity contribution in [1.82, 2.24) is 10.3 Å². The fourth-order valence-corrected chi connectivity index (χ4v) is 2.31. The molecule has 2 rings (SSSR count). The number of aromatic amines is 1. The van der Waals surface area contributed by atoms with E-state index in [4.69, 9.17) is 5.73 Å². The van der Waals surface area contributed by atoms with Gasteiger partial charge >= 0.3 is 0 Å². The highest BCUT2D eigenvalue weighted by molar-refractivity contribution is 5.92. The minimum atomic E-state index is -0.0986. The van der Waals surface area contributed by atoms with Gasteiger partial charge in [-0.05, 0) is 43.9 Å². The first-order chi connectivity index (χ1) is 10.1. The summed E-state index contributed by atoms with van der Waals surface area (Å²) in [5.74, 6) is -0.0986. The standard InChI is InChI=1S/C17H23N3O/c1-12-10-16(19-11-12)17(21)20-15(13(2)18)9-8-14-6-4-3-5-7-14/h3-7,10-11,13,15,19H,8-9,18H2,1-2H3,(H,20,21). The molecule has 112 valence electrons. The second kappa shape index (κ2) is 7.09. The number of aromatic nitrogens is 1.